The van der Waals surface area contributed by atoms with Gasteiger partial charge in [-0.05, 0) is 86.9 Å². The Morgan fingerprint density at radius 2 is 1.47 bits per heavy atom. The van der Waals surface area contributed by atoms with E-state index in [9.17, 15) is 27.6 Å². The fraction of sp³-hybridized carbons (Fsp3) is 0.452. The summed E-state index contributed by atoms with van der Waals surface area (Å²) in [6.45, 7) is 0.369. The van der Waals surface area contributed by atoms with Crippen molar-refractivity contribution in [3.05, 3.63) is 59.7 Å². The first-order valence-corrected chi connectivity index (χ1v) is 14.2. The molecule has 0 atom stereocenters. The SMILES string of the molecule is Nc1cc(N)cc(C(=O)OCCCCOC(=O)/C=C/c2ccc(OC(=O)C3CCC(OCCCC(F)(F)F)CC3)cc2)c1. The summed E-state index contributed by atoms with van der Waals surface area (Å²) in [5.74, 6) is -1.33. The van der Waals surface area contributed by atoms with Crippen molar-refractivity contribution in [2.45, 2.75) is 63.6 Å². The number of nitrogens with two attached hydrogens (primary N) is 2. The average molecular weight is 607 g/mol. The highest BCUT2D eigenvalue weighted by Gasteiger charge is 2.29. The van der Waals surface area contributed by atoms with Crippen LogP contribution in [-0.2, 0) is 23.8 Å². The third kappa shape index (κ3) is 12.8. The molecule has 0 unspecified atom stereocenters. The highest BCUT2D eigenvalue weighted by molar-refractivity contribution is 5.91. The Morgan fingerprint density at radius 3 is 2.09 bits per heavy atom. The normalized spacial score (nSPS) is 17.0. The molecule has 0 spiro atoms. The fourth-order valence-corrected chi connectivity index (χ4v) is 4.47. The van der Waals surface area contributed by atoms with Gasteiger partial charge in [-0.1, -0.05) is 12.1 Å². The molecule has 0 radical (unpaired) electrons. The number of halogens is 3. The molecule has 0 heterocycles. The predicted molar refractivity (Wildman–Crippen MR) is 154 cm³/mol. The molecule has 4 N–H and O–H groups in total. The molecule has 12 heteroatoms. The van der Waals surface area contributed by atoms with E-state index < -0.39 is 24.5 Å². The Kier molecular flexibility index (Phi) is 12.9. The third-order valence-corrected chi connectivity index (χ3v) is 6.71. The van der Waals surface area contributed by atoms with Crippen molar-refractivity contribution in [2.24, 2.45) is 5.92 Å². The van der Waals surface area contributed by atoms with Gasteiger partial charge >= 0.3 is 24.1 Å². The van der Waals surface area contributed by atoms with Crippen LogP contribution < -0.4 is 16.2 Å². The highest BCUT2D eigenvalue weighted by Crippen LogP contribution is 2.29. The van der Waals surface area contributed by atoms with Crippen molar-refractivity contribution < 1.29 is 46.5 Å². The molecule has 0 aromatic heterocycles. The van der Waals surface area contributed by atoms with Crippen LogP contribution in [0.4, 0.5) is 24.5 Å². The van der Waals surface area contributed by atoms with Crippen molar-refractivity contribution in [3.63, 3.8) is 0 Å². The van der Waals surface area contributed by atoms with Crippen LogP contribution >= 0.6 is 0 Å². The monoisotopic (exact) mass is 606 g/mol. The maximum Gasteiger partial charge on any atom is 0.389 e. The number of nitrogen functional groups attached to an aromatic ring is 2. The van der Waals surface area contributed by atoms with Gasteiger partial charge < -0.3 is 30.4 Å². The lowest BCUT2D eigenvalue weighted by molar-refractivity contribution is -0.143. The topological polar surface area (TPSA) is 140 Å². The molecule has 9 nitrogen and oxygen atoms in total. The maximum absolute atomic E-state index is 12.5. The number of esters is 3. The quantitative estimate of drug-likeness (QED) is 0.0888. The molecule has 0 bridgehead atoms. The third-order valence-electron chi connectivity index (χ3n) is 6.71. The molecular weight excluding hydrogens is 569 g/mol. The van der Waals surface area contributed by atoms with Gasteiger partial charge in [0.2, 0.25) is 0 Å². The van der Waals surface area contributed by atoms with Crippen LogP contribution in [0.1, 0.15) is 67.3 Å². The highest BCUT2D eigenvalue weighted by atomic mass is 19.4. The molecule has 3 rings (SSSR count). The standard InChI is InChI=1S/C31H37F3N2O7/c32-31(33,34)14-3-17-40-26-11-7-22(8-12-26)30(39)43-27-9-4-21(5-10-27)6-13-28(37)41-15-1-2-16-42-29(38)23-18-24(35)20-25(36)19-23/h4-6,9-10,13,18-20,22,26H,1-3,7-8,11-12,14-17,35-36H2/b13-6+. The van der Waals surface area contributed by atoms with Gasteiger partial charge in [-0.25, -0.2) is 9.59 Å². The summed E-state index contributed by atoms with van der Waals surface area (Å²) in [4.78, 5) is 36.6. The van der Waals surface area contributed by atoms with E-state index in [4.69, 9.17) is 30.4 Å². The van der Waals surface area contributed by atoms with Crippen LogP contribution in [0, 0.1) is 5.92 Å². The summed E-state index contributed by atoms with van der Waals surface area (Å²) in [5.41, 5.74) is 13.1. The second kappa shape index (κ2) is 16.5. The van der Waals surface area contributed by atoms with E-state index in [1.807, 2.05) is 0 Å². The van der Waals surface area contributed by atoms with Crippen LogP contribution in [0.25, 0.3) is 6.08 Å². The van der Waals surface area contributed by atoms with E-state index in [-0.39, 0.29) is 49.8 Å². The first-order valence-electron chi connectivity index (χ1n) is 14.2. The molecule has 2 aromatic carbocycles. The van der Waals surface area contributed by atoms with Gasteiger partial charge in [0, 0.05) is 30.5 Å². The van der Waals surface area contributed by atoms with Crippen molar-refractivity contribution in [3.8, 4) is 5.75 Å². The number of benzene rings is 2. The molecule has 2 aromatic rings. The van der Waals surface area contributed by atoms with Crippen LogP contribution in [0.15, 0.2) is 48.5 Å². The second-order valence-electron chi connectivity index (χ2n) is 10.3. The number of carbonyl (C=O) groups excluding carboxylic acids is 3. The summed E-state index contributed by atoms with van der Waals surface area (Å²) in [6.07, 6.45) is 0.914. The molecule has 1 saturated carbocycles. The first-order chi connectivity index (χ1) is 20.5. The van der Waals surface area contributed by atoms with Crippen molar-refractivity contribution in [1.82, 2.24) is 0 Å². The fourth-order valence-electron chi connectivity index (χ4n) is 4.47. The minimum atomic E-state index is -4.18. The summed E-state index contributed by atoms with van der Waals surface area (Å²) in [6, 6.07) is 11.1. The van der Waals surface area contributed by atoms with Gasteiger partial charge in [0.25, 0.3) is 0 Å². The zero-order chi connectivity index (χ0) is 31.2. The zero-order valence-electron chi connectivity index (χ0n) is 23.8. The van der Waals surface area contributed by atoms with E-state index in [0.717, 1.165) is 0 Å². The molecule has 234 valence electrons. The number of ether oxygens (including phenoxy) is 4. The van der Waals surface area contributed by atoms with E-state index >= 15 is 0 Å². The average Bonchev–Trinajstić information content (AvgIpc) is 2.96. The van der Waals surface area contributed by atoms with Gasteiger partial charge in [-0.3, -0.25) is 4.79 Å². The van der Waals surface area contributed by atoms with Crippen LogP contribution in [0.3, 0.4) is 0 Å². The van der Waals surface area contributed by atoms with E-state index in [2.05, 4.69) is 0 Å². The van der Waals surface area contributed by atoms with Gasteiger partial charge in [0.15, 0.2) is 0 Å². The predicted octanol–water partition coefficient (Wildman–Crippen LogP) is 5.87. The number of hydrogen-bond acceptors (Lipinski definition) is 9. The van der Waals surface area contributed by atoms with E-state index in [0.29, 0.717) is 61.2 Å². The number of hydrogen-bond donors (Lipinski definition) is 2. The number of alkyl halides is 3. The number of unbranched alkanes of at least 4 members (excludes halogenated alkanes) is 1. The molecule has 0 amide bonds. The Bertz CT molecular complexity index is 1220. The molecule has 1 aliphatic carbocycles. The number of rotatable bonds is 14. The molecular formula is C31H37F3N2O7. The molecule has 0 saturated heterocycles. The van der Waals surface area contributed by atoms with Crippen LogP contribution in [0.2, 0.25) is 0 Å². The largest absolute Gasteiger partial charge is 0.463 e. The molecule has 1 aliphatic rings. The lowest BCUT2D eigenvalue weighted by Gasteiger charge is -2.27. The van der Waals surface area contributed by atoms with Crippen molar-refractivity contribution >= 4 is 35.4 Å². The smallest absolute Gasteiger partial charge is 0.389 e. The van der Waals surface area contributed by atoms with Gasteiger partial charge in [0.05, 0.1) is 30.8 Å². The lowest BCUT2D eigenvalue weighted by atomic mass is 9.87. The Balaban J connectivity index is 1.27. The molecule has 1 fully saturated rings. The minimum Gasteiger partial charge on any atom is -0.463 e. The van der Waals surface area contributed by atoms with Gasteiger partial charge in [-0.2, -0.15) is 13.2 Å². The Labute approximate surface area is 248 Å². The van der Waals surface area contributed by atoms with E-state index in [1.165, 1.54) is 18.2 Å². The summed E-state index contributed by atoms with van der Waals surface area (Å²) < 4.78 is 58.0. The van der Waals surface area contributed by atoms with Crippen LogP contribution in [-0.4, -0.2) is 50.0 Å². The van der Waals surface area contributed by atoms with Gasteiger partial charge in [-0.15, -0.1) is 0 Å². The lowest BCUT2D eigenvalue weighted by Crippen LogP contribution is -2.29. The second-order valence-corrected chi connectivity index (χ2v) is 10.3. The molecule has 0 aliphatic heterocycles. The molecule has 43 heavy (non-hydrogen) atoms. The summed E-state index contributed by atoms with van der Waals surface area (Å²) in [5, 5.41) is 0. The Hall–Kier alpha value is -4.06. The zero-order valence-corrected chi connectivity index (χ0v) is 23.8. The first kappa shape index (κ1) is 33.4. The van der Waals surface area contributed by atoms with Crippen molar-refractivity contribution in [1.29, 1.82) is 0 Å². The van der Waals surface area contributed by atoms with Gasteiger partial charge in [0.1, 0.15) is 5.75 Å². The maximum atomic E-state index is 12.5. The summed E-state index contributed by atoms with van der Waals surface area (Å²) in [7, 11) is 0. The van der Waals surface area contributed by atoms with Crippen LogP contribution in [0.5, 0.6) is 5.75 Å². The minimum absolute atomic E-state index is 0.0552. The van der Waals surface area contributed by atoms with Crippen molar-refractivity contribution in [2.75, 3.05) is 31.3 Å². The number of carbonyl (C=O) groups is 3. The summed E-state index contributed by atoms with van der Waals surface area (Å²) >= 11 is 0. The Morgan fingerprint density at radius 1 is 0.837 bits per heavy atom. The number of anilines is 2. The van der Waals surface area contributed by atoms with E-state index in [1.54, 1.807) is 36.4 Å².